The zero-order valence-corrected chi connectivity index (χ0v) is 61.8. The zero-order valence-electron chi connectivity index (χ0n) is 61.0. The van der Waals surface area contributed by atoms with Crippen LogP contribution in [0.1, 0.15) is 90.3 Å². The summed E-state index contributed by atoms with van der Waals surface area (Å²) >= 11 is 5.99. The number of imidazole rings is 2. The number of aryl methyl sites for hydroxylation is 10. The number of halogens is 1. The maximum atomic E-state index is 11.0. The number of nitrogens with zero attached hydrogens (tertiary/aromatic N) is 14. The molecule has 0 saturated heterocycles. The summed E-state index contributed by atoms with van der Waals surface area (Å²) in [4.78, 5) is 57.5. The summed E-state index contributed by atoms with van der Waals surface area (Å²) in [6.45, 7) is 27.2. The van der Waals surface area contributed by atoms with Gasteiger partial charge >= 0.3 is 0 Å². The van der Waals surface area contributed by atoms with Gasteiger partial charge in [0, 0.05) is 123 Å². The molecule has 4 aliphatic heterocycles. The van der Waals surface area contributed by atoms with Crippen molar-refractivity contribution in [2.75, 3.05) is 42.2 Å². The molecule has 0 amide bonds. The highest BCUT2D eigenvalue weighted by Crippen LogP contribution is 2.28. The van der Waals surface area contributed by atoms with Gasteiger partial charge < -0.3 is 35.6 Å². The number of carbonyl (C=O) groups excluding carboxylic acids is 1. The van der Waals surface area contributed by atoms with Crippen LogP contribution in [0.5, 0.6) is 5.75 Å². The highest BCUT2D eigenvalue weighted by Gasteiger charge is 2.21. The third-order valence-electron chi connectivity index (χ3n) is 16.9. The molecule has 18 heterocycles. The van der Waals surface area contributed by atoms with Gasteiger partial charge in [-0.25, -0.2) is 39.5 Å². The molecule has 536 valence electrons. The first kappa shape index (κ1) is 74.1. The molecule has 15 aromatic rings. The Morgan fingerprint density at radius 1 is 0.581 bits per heavy atom. The van der Waals surface area contributed by atoms with Gasteiger partial charge in [0.2, 0.25) is 5.78 Å². The average Bonchev–Trinajstić information content (AvgIpc) is 1.83. The lowest BCUT2D eigenvalue weighted by molar-refractivity contribution is -0.670. The molecule has 0 radical (unpaired) electrons. The number of carbonyl (C=O) groups is 1. The Hall–Kier alpha value is -12.1. The molecular weight excluding hydrogens is 1330 g/mol. The summed E-state index contributed by atoms with van der Waals surface area (Å²) in [6.07, 6.45) is 34.0. The third kappa shape index (κ3) is 21.3. The van der Waals surface area contributed by atoms with Crippen LogP contribution in [-0.4, -0.2) is 111 Å². The Balaban J connectivity index is 0.000000117. The van der Waals surface area contributed by atoms with E-state index in [0.29, 0.717) is 6.42 Å². The number of ketones is 1. The number of fused-ring (bicyclic) bond motifs is 10. The van der Waals surface area contributed by atoms with Gasteiger partial charge in [-0.2, -0.15) is 0 Å². The average molecular weight is 1420 g/mol. The highest BCUT2D eigenvalue weighted by atomic mass is 35.5. The van der Waals surface area contributed by atoms with Crippen LogP contribution in [0.25, 0.3) is 50.7 Å². The fourth-order valence-corrected chi connectivity index (χ4v) is 12.0. The Morgan fingerprint density at radius 3 is 2.20 bits per heavy atom. The maximum Gasteiger partial charge on any atom is 0.293 e. The number of H-pyrrole nitrogens is 3. The van der Waals surface area contributed by atoms with E-state index >= 15 is 0 Å². The fraction of sp³-hybridized carbons (Fsp3) is 0.247. The van der Waals surface area contributed by atoms with E-state index in [-0.39, 0.29) is 5.78 Å². The summed E-state index contributed by atoms with van der Waals surface area (Å²) < 4.78 is 11.5. The van der Waals surface area contributed by atoms with Crippen molar-refractivity contribution in [3.63, 3.8) is 0 Å². The van der Waals surface area contributed by atoms with E-state index in [4.69, 9.17) is 16.3 Å². The summed E-state index contributed by atoms with van der Waals surface area (Å²) in [5.74, 6) is 4.05. The van der Waals surface area contributed by atoms with E-state index in [1.165, 1.54) is 66.5 Å². The Kier molecular flexibility index (Phi) is 25.5. The molecule has 1 aromatic carbocycles. The van der Waals surface area contributed by atoms with Gasteiger partial charge in [0.1, 0.15) is 47.3 Å². The molecular formula is C81H89ClN21O2+. The topological polar surface area (TPSA) is 276 Å². The number of aromatic amines is 3. The number of hydrogen-bond donors (Lipinski definition) is 7. The number of pyridine rings is 8. The minimum absolute atomic E-state index is 0.162. The minimum atomic E-state index is 0.162. The molecule has 0 bridgehead atoms. The van der Waals surface area contributed by atoms with Gasteiger partial charge in [-0.05, 0) is 222 Å². The molecule has 23 nitrogen and oxygen atoms in total. The number of allylic oxidation sites excluding steroid dienone is 1. The van der Waals surface area contributed by atoms with Crippen LogP contribution in [0.4, 0.5) is 17.3 Å². The van der Waals surface area contributed by atoms with Crippen molar-refractivity contribution in [3.05, 3.63) is 279 Å². The first-order valence-corrected chi connectivity index (χ1v) is 35.3. The minimum Gasteiger partial charge on any atom is -0.491 e. The number of anilines is 3. The van der Waals surface area contributed by atoms with E-state index in [2.05, 4.69) is 173 Å². The van der Waals surface area contributed by atoms with E-state index in [9.17, 15) is 4.79 Å². The van der Waals surface area contributed by atoms with Crippen molar-refractivity contribution in [1.29, 1.82) is 0 Å². The van der Waals surface area contributed by atoms with Crippen molar-refractivity contribution in [1.82, 2.24) is 84.1 Å². The van der Waals surface area contributed by atoms with Crippen molar-refractivity contribution >= 4 is 85.4 Å². The van der Waals surface area contributed by atoms with Gasteiger partial charge in [-0.3, -0.25) is 28.9 Å². The maximum absolute atomic E-state index is 11.0. The molecule has 0 spiro atoms. The second kappa shape index (κ2) is 36.2. The molecule has 5 aliphatic rings. The molecule has 20 rings (SSSR count). The molecule has 0 saturated carbocycles. The molecule has 24 heteroatoms. The van der Waals surface area contributed by atoms with E-state index in [1.54, 1.807) is 31.0 Å². The monoisotopic (exact) mass is 1420 g/mol. The van der Waals surface area contributed by atoms with Crippen LogP contribution < -0.4 is 30.6 Å². The fourth-order valence-electron chi connectivity index (χ4n) is 11.6. The molecule has 0 unspecified atom stereocenters. The number of aromatic nitrogens is 17. The number of benzene rings is 1. The standard InChI is InChI=1S/C10H13NO.C10H9NO.C8H9ClN2.C8H10N2.C8H8N2.C8H10N2.C8H8N2.3C7H7N3/c1-8-3-4-9-10(7-8)12-6-2-5-11-9;1-7-4-8-5-9(12)2-3-10(8)11-6-7;1-6-4-7(9)8-10-2-3-11(8)5-6;1-6-2-7-4-9-5-8(7)10-3-6;1-6-2-4-9-8-7(6)3-5-10-8;2*1-6-4-7-2-3-9-8(7)10-5-6;1-5-2-6-7(8-3-5)10-4-9-6;1-6-2-4-10-5-3-8-7(10)9-6;1-6-2-3-7-9-8-5-10(7)4-6/h3-4,7,11H,2,5-6H2,1H3;2-4,6H,5H2,1H3;4-5H,2-3H2,1H3;2-3,9H,4-5H2,1H3;2-5H,1H3,(H,9,10);4-5H,2-3H2,1H3,(H,9,10);2-5H,1H3,(H,9,10);2-4H,1H3,(H,8,9,10);2*2-5H,1H3/p+1. The second-order valence-corrected chi connectivity index (χ2v) is 26.4. The number of ether oxygens (including phenoxy) is 1. The van der Waals surface area contributed by atoms with Gasteiger partial charge in [0.15, 0.2) is 17.1 Å². The number of rotatable bonds is 0. The van der Waals surface area contributed by atoms with Gasteiger partial charge in [0.25, 0.3) is 5.82 Å². The largest absolute Gasteiger partial charge is 0.491 e. The first-order valence-electron chi connectivity index (χ1n) is 34.9. The van der Waals surface area contributed by atoms with Crippen molar-refractivity contribution in [3.8, 4) is 5.75 Å². The third-order valence-corrected chi connectivity index (χ3v) is 17.2. The van der Waals surface area contributed by atoms with Crippen LogP contribution >= 0.6 is 11.6 Å². The normalized spacial score (nSPS) is 12.8. The molecule has 14 aromatic heterocycles. The van der Waals surface area contributed by atoms with Crippen LogP contribution in [0.2, 0.25) is 5.02 Å². The Labute approximate surface area is 615 Å². The lowest BCUT2D eigenvalue weighted by Crippen LogP contribution is -2.30. The summed E-state index contributed by atoms with van der Waals surface area (Å²) in [6, 6.07) is 30.8. The summed E-state index contributed by atoms with van der Waals surface area (Å²) in [5.41, 5.74) is 23.6. The van der Waals surface area contributed by atoms with Crippen molar-refractivity contribution in [2.45, 2.75) is 108 Å². The summed E-state index contributed by atoms with van der Waals surface area (Å²) in [7, 11) is 0. The van der Waals surface area contributed by atoms with Gasteiger partial charge in [0.05, 0.1) is 41.7 Å². The first-order chi connectivity index (χ1) is 50.9. The van der Waals surface area contributed by atoms with E-state index in [0.717, 1.165) is 149 Å². The second-order valence-electron chi connectivity index (χ2n) is 26.0. The quantitative estimate of drug-likeness (QED) is 0.0695. The molecule has 7 N–H and O–H groups in total. The molecule has 105 heavy (non-hydrogen) atoms. The molecule has 0 fully saturated rings. The van der Waals surface area contributed by atoms with Gasteiger partial charge in [-0.1, -0.05) is 41.9 Å². The predicted molar refractivity (Wildman–Crippen MR) is 418 cm³/mol. The van der Waals surface area contributed by atoms with Crippen LogP contribution in [0, 0.1) is 69.2 Å². The van der Waals surface area contributed by atoms with Crippen molar-refractivity contribution < 1.29 is 14.1 Å². The smallest absolute Gasteiger partial charge is 0.293 e. The Morgan fingerprint density at radius 2 is 1.34 bits per heavy atom. The predicted octanol–water partition coefficient (Wildman–Crippen LogP) is 14.5. The van der Waals surface area contributed by atoms with E-state index in [1.807, 2.05) is 166 Å². The highest BCUT2D eigenvalue weighted by molar-refractivity contribution is 6.32. The Bertz CT molecular complexity index is 5080. The lowest BCUT2D eigenvalue weighted by Gasteiger charge is -2.08. The lowest BCUT2D eigenvalue weighted by atomic mass is 10.0. The number of hydrogen-bond acceptors (Lipinski definition) is 17. The van der Waals surface area contributed by atoms with Gasteiger partial charge in [-0.15, -0.1) is 10.2 Å². The number of nitrogens with one attached hydrogen (secondary N) is 7. The SMILES string of the molecule is Cc1cc(Cl)c2[n+](c1)CCN2.Cc1ccc2c(c1)OCCCN2.Cc1ccc2nncn2c1.Cc1ccn2ccnc2n1.Cc1ccnc2[nH]ccc12.Cc1cnc2[nH]ccc2c1.Cc1cnc2c(c1)CC(=O)C=C2.Cc1cnc2c(c1)CCN2.Cc1cnc2c(c1)CNC2.Cc1cnc2nc[nH]c2c1. The van der Waals surface area contributed by atoms with Crippen LogP contribution in [0.15, 0.2) is 190 Å². The van der Waals surface area contributed by atoms with E-state index < -0.39 is 0 Å². The molecule has 0 atom stereocenters. The summed E-state index contributed by atoms with van der Waals surface area (Å²) in [5, 5.41) is 23.9. The van der Waals surface area contributed by atoms with Crippen molar-refractivity contribution in [2.24, 2.45) is 0 Å². The zero-order chi connectivity index (χ0) is 73.6. The van der Waals surface area contributed by atoms with Crippen LogP contribution in [0.3, 0.4) is 0 Å². The van der Waals surface area contributed by atoms with Crippen LogP contribution in [-0.2, 0) is 37.3 Å². The molecule has 1 aliphatic carbocycles.